The number of H-pyrrole nitrogens is 1. The summed E-state index contributed by atoms with van der Waals surface area (Å²) in [5.74, 6) is -0.135. The summed E-state index contributed by atoms with van der Waals surface area (Å²) < 4.78 is 27.1. The van der Waals surface area contributed by atoms with Gasteiger partial charge in [-0.3, -0.25) is 4.79 Å². The normalized spacial score (nSPS) is 10.3. The van der Waals surface area contributed by atoms with Gasteiger partial charge in [0.25, 0.3) is 5.56 Å². The molecule has 1 heterocycles. The van der Waals surface area contributed by atoms with E-state index in [1.54, 1.807) is 0 Å². The molecule has 0 unspecified atom stereocenters. The van der Waals surface area contributed by atoms with Gasteiger partial charge in [0.1, 0.15) is 5.82 Å². The van der Waals surface area contributed by atoms with Gasteiger partial charge in [0.2, 0.25) is 5.88 Å². The molecular formula is C6H6F2N2O2. The minimum absolute atomic E-state index is 0.234. The van der Waals surface area contributed by atoms with Crippen LogP contribution >= 0.6 is 0 Å². The Hall–Kier alpha value is -1.46. The van der Waals surface area contributed by atoms with Crippen molar-refractivity contribution in [3.8, 4) is 5.88 Å². The summed E-state index contributed by atoms with van der Waals surface area (Å²) in [5, 5.41) is 0. The van der Waals surface area contributed by atoms with Crippen LogP contribution in [-0.4, -0.2) is 16.6 Å². The summed E-state index contributed by atoms with van der Waals surface area (Å²) in [6.07, 6.45) is 0. The number of hydrogen-bond acceptors (Lipinski definition) is 3. The molecule has 0 saturated heterocycles. The predicted molar refractivity (Wildman–Crippen MR) is 36.2 cm³/mol. The second-order valence-corrected chi connectivity index (χ2v) is 2.05. The smallest absolute Gasteiger partial charge is 0.388 e. The van der Waals surface area contributed by atoms with Crippen LogP contribution in [-0.2, 0) is 0 Å². The summed E-state index contributed by atoms with van der Waals surface area (Å²) >= 11 is 0. The van der Waals surface area contributed by atoms with Gasteiger partial charge >= 0.3 is 6.61 Å². The van der Waals surface area contributed by atoms with Crippen molar-refractivity contribution in [2.75, 3.05) is 0 Å². The van der Waals surface area contributed by atoms with Crippen molar-refractivity contribution in [2.24, 2.45) is 0 Å². The highest BCUT2D eigenvalue weighted by Gasteiger charge is 2.05. The highest BCUT2D eigenvalue weighted by Crippen LogP contribution is 2.05. The van der Waals surface area contributed by atoms with Gasteiger partial charge in [-0.15, -0.1) is 0 Å². The van der Waals surface area contributed by atoms with Crippen LogP contribution in [0.3, 0.4) is 0 Å². The summed E-state index contributed by atoms with van der Waals surface area (Å²) in [4.78, 5) is 16.5. The van der Waals surface area contributed by atoms with Gasteiger partial charge in [0, 0.05) is 0 Å². The van der Waals surface area contributed by atoms with E-state index in [0.29, 0.717) is 0 Å². The van der Waals surface area contributed by atoms with Crippen molar-refractivity contribution in [1.82, 2.24) is 9.97 Å². The molecule has 0 spiro atoms. The van der Waals surface area contributed by atoms with E-state index in [1.165, 1.54) is 6.92 Å². The first-order valence-electron chi connectivity index (χ1n) is 3.10. The molecule has 0 amide bonds. The molecule has 0 bridgehead atoms. The average Bonchev–Trinajstić information content (AvgIpc) is 1.81. The molecule has 0 aliphatic carbocycles. The SMILES string of the molecule is Cc1nc(OC(F)F)cc(=O)[nH]1. The lowest BCUT2D eigenvalue weighted by atomic mass is 10.6. The van der Waals surface area contributed by atoms with Gasteiger partial charge in [-0.25, -0.2) is 4.98 Å². The third-order valence-corrected chi connectivity index (χ3v) is 1.05. The van der Waals surface area contributed by atoms with Crippen molar-refractivity contribution in [2.45, 2.75) is 13.5 Å². The minimum Gasteiger partial charge on any atom is -0.417 e. The molecule has 0 aliphatic heterocycles. The van der Waals surface area contributed by atoms with Crippen molar-refractivity contribution < 1.29 is 13.5 Å². The zero-order valence-corrected chi connectivity index (χ0v) is 6.17. The van der Waals surface area contributed by atoms with E-state index in [4.69, 9.17) is 0 Å². The van der Waals surface area contributed by atoms with Crippen LogP contribution in [0, 0.1) is 6.92 Å². The molecule has 0 saturated carbocycles. The Morgan fingerprint density at radius 2 is 2.33 bits per heavy atom. The number of aryl methyl sites for hydroxylation is 1. The monoisotopic (exact) mass is 176 g/mol. The van der Waals surface area contributed by atoms with E-state index in [0.717, 1.165) is 6.07 Å². The number of nitrogens with zero attached hydrogens (tertiary/aromatic N) is 1. The van der Waals surface area contributed by atoms with Crippen LogP contribution in [0.1, 0.15) is 5.82 Å². The molecule has 0 atom stereocenters. The van der Waals surface area contributed by atoms with Gasteiger partial charge in [-0.2, -0.15) is 8.78 Å². The van der Waals surface area contributed by atoms with Crippen molar-refractivity contribution in [3.63, 3.8) is 0 Å². The molecule has 1 aromatic rings. The van der Waals surface area contributed by atoms with Crippen LogP contribution in [0.25, 0.3) is 0 Å². The fourth-order valence-electron chi connectivity index (χ4n) is 0.704. The Morgan fingerprint density at radius 3 is 2.83 bits per heavy atom. The van der Waals surface area contributed by atoms with E-state index in [9.17, 15) is 13.6 Å². The number of halogens is 2. The fraction of sp³-hybridized carbons (Fsp3) is 0.333. The summed E-state index contributed by atoms with van der Waals surface area (Å²) in [6.45, 7) is -1.49. The zero-order valence-electron chi connectivity index (χ0n) is 6.17. The maximum absolute atomic E-state index is 11.6. The molecule has 1 aromatic heterocycles. The van der Waals surface area contributed by atoms with Crippen LogP contribution in [0.15, 0.2) is 10.9 Å². The predicted octanol–water partition coefficient (Wildman–Crippen LogP) is 0.680. The van der Waals surface area contributed by atoms with Crippen LogP contribution in [0.2, 0.25) is 0 Å². The van der Waals surface area contributed by atoms with Gasteiger partial charge < -0.3 is 9.72 Å². The van der Waals surface area contributed by atoms with Crippen molar-refractivity contribution in [3.05, 3.63) is 22.2 Å². The zero-order chi connectivity index (χ0) is 9.14. The molecule has 0 aromatic carbocycles. The van der Waals surface area contributed by atoms with E-state index in [2.05, 4.69) is 14.7 Å². The van der Waals surface area contributed by atoms with E-state index in [1.807, 2.05) is 0 Å². The molecule has 0 aliphatic rings. The lowest BCUT2D eigenvalue weighted by Crippen LogP contribution is -2.12. The quantitative estimate of drug-likeness (QED) is 0.720. The topological polar surface area (TPSA) is 55.0 Å². The van der Waals surface area contributed by atoms with Gasteiger partial charge in [0.05, 0.1) is 6.07 Å². The molecule has 0 fully saturated rings. The largest absolute Gasteiger partial charge is 0.417 e. The minimum atomic E-state index is -2.96. The molecule has 12 heavy (non-hydrogen) atoms. The van der Waals surface area contributed by atoms with Gasteiger partial charge in [0.15, 0.2) is 0 Å². The van der Waals surface area contributed by atoms with E-state index >= 15 is 0 Å². The number of aromatic nitrogens is 2. The molecule has 1 rings (SSSR count). The van der Waals surface area contributed by atoms with E-state index < -0.39 is 12.2 Å². The number of hydrogen-bond donors (Lipinski definition) is 1. The summed E-state index contributed by atoms with van der Waals surface area (Å²) in [5.41, 5.74) is -0.516. The molecular weight excluding hydrogens is 170 g/mol. The van der Waals surface area contributed by atoms with Crippen molar-refractivity contribution in [1.29, 1.82) is 0 Å². The number of aromatic amines is 1. The Morgan fingerprint density at radius 1 is 1.67 bits per heavy atom. The number of ether oxygens (including phenoxy) is 1. The number of nitrogens with one attached hydrogen (secondary N) is 1. The van der Waals surface area contributed by atoms with Crippen LogP contribution in [0.5, 0.6) is 5.88 Å². The summed E-state index contributed by atoms with van der Waals surface area (Å²) in [6, 6.07) is 0.860. The molecule has 1 N–H and O–H groups in total. The van der Waals surface area contributed by atoms with E-state index in [-0.39, 0.29) is 11.7 Å². The number of rotatable bonds is 2. The Balaban J connectivity index is 2.93. The highest BCUT2D eigenvalue weighted by molar-refractivity contribution is 5.07. The third-order valence-electron chi connectivity index (χ3n) is 1.05. The third kappa shape index (κ3) is 2.30. The summed E-state index contributed by atoms with van der Waals surface area (Å²) in [7, 11) is 0. The first-order valence-corrected chi connectivity index (χ1v) is 3.10. The van der Waals surface area contributed by atoms with Crippen LogP contribution < -0.4 is 10.3 Å². The Labute approximate surface area is 66.2 Å². The van der Waals surface area contributed by atoms with Crippen molar-refractivity contribution >= 4 is 0 Å². The molecule has 66 valence electrons. The first-order chi connectivity index (χ1) is 5.58. The first kappa shape index (κ1) is 8.63. The van der Waals surface area contributed by atoms with Gasteiger partial charge in [-0.05, 0) is 6.92 Å². The Kier molecular flexibility index (Phi) is 2.37. The average molecular weight is 176 g/mol. The maximum atomic E-state index is 11.6. The number of alkyl halides is 2. The lowest BCUT2D eigenvalue weighted by Gasteiger charge is -2.01. The maximum Gasteiger partial charge on any atom is 0.388 e. The van der Waals surface area contributed by atoms with Crippen LogP contribution in [0.4, 0.5) is 8.78 Å². The molecule has 4 nitrogen and oxygen atoms in total. The second-order valence-electron chi connectivity index (χ2n) is 2.05. The standard InChI is InChI=1S/C6H6F2N2O2/c1-3-9-4(11)2-5(10-3)12-6(7)8/h2,6H,1H3,(H,9,10,11). The molecule has 0 radical (unpaired) electrons. The Bertz CT molecular complexity index is 324. The lowest BCUT2D eigenvalue weighted by molar-refractivity contribution is -0.0530. The highest BCUT2D eigenvalue weighted by atomic mass is 19.3. The van der Waals surface area contributed by atoms with Gasteiger partial charge in [-0.1, -0.05) is 0 Å². The fourth-order valence-corrected chi connectivity index (χ4v) is 0.704. The molecule has 6 heteroatoms. The second kappa shape index (κ2) is 3.29.